The molecule has 0 atom stereocenters. The second kappa shape index (κ2) is 6.63. The Bertz CT molecular complexity index is 606. The third kappa shape index (κ3) is 3.03. The summed E-state index contributed by atoms with van der Waals surface area (Å²) in [4.78, 5) is 0. The Hall–Kier alpha value is -2.01. The Kier molecular flexibility index (Phi) is 4.85. The zero-order valence-corrected chi connectivity index (χ0v) is 12.8. The molecule has 0 aliphatic rings. The molecule has 0 spiro atoms. The van der Waals surface area contributed by atoms with Gasteiger partial charge in [0.25, 0.3) is 0 Å². The summed E-state index contributed by atoms with van der Waals surface area (Å²) in [5.74, 6) is 1.13. The van der Waals surface area contributed by atoms with Crippen molar-refractivity contribution >= 4 is 0 Å². The van der Waals surface area contributed by atoms with Crippen molar-refractivity contribution in [3.05, 3.63) is 35.5 Å². The van der Waals surface area contributed by atoms with Crippen LogP contribution >= 0.6 is 0 Å². The van der Waals surface area contributed by atoms with Crippen LogP contribution in [-0.2, 0) is 6.42 Å². The molecule has 0 aliphatic carbocycles. The highest BCUT2D eigenvalue weighted by Crippen LogP contribution is 2.33. The Morgan fingerprint density at radius 2 is 2.05 bits per heavy atom. The van der Waals surface area contributed by atoms with E-state index >= 15 is 0 Å². The quantitative estimate of drug-likeness (QED) is 0.857. The van der Waals surface area contributed by atoms with E-state index in [-0.39, 0.29) is 11.7 Å². The van der Waals surface area contributed by atoms with Gasteiger partial charge >= 0.3 is 0 Å². The molecule has 114 valence electrons. The number of hydrogen-bond acceptors (Lipinski definition) is 4. The lowest BCUT2D eigenvalue weighted by atomic mass is 10.0. The lowest BCUT2D eigenvalue weighted by molar-refractivity contribution is 0.376. The number of ether oxygens (including phenoxy) is 1. The molecule has 5 heteroatoms. The average molecular weight is 289 g/mol. The fourth-order valence-electron chi connectivity index (χ4n) is 2.44. The predicted octanol–water partition coefficient (Wildman–Crippen LogP) is 2.60. The fourth-order valence-corrected chi connectivity index (χ4v) is 2.44. The first-order valence-electron chi connectivity index (χ1n) is 7.24. The second-order valence-electron chi connectivity index (χ2n) is 5.32. The van der Waals surface area contributed by atoms with Crippen molar-refractivity contribution in [2.45, 2.75) is 32.6 Å². The van der Waals surface area contributed by atoms with E-state index in [1.807, 2.05) is 12.1 Å². The number of methoxy groups -OCH3 is 1. The van der Waals surface area contributed by atoms with E-state index in [1.54, 1.807) is 23.9 Å². The average Bonchev–Trinajstić information content (AvgIpc) is 2.84. The first kappa shape index (κ1) is 15.4. The van der Waals surface area contributed by atoms with Crippen LogP contribution in [0.2, 0.25) is 0 Å². The zero-order chi connectivity index (χ0) is 15.4. The van der Waals surface area contributed by atoms with Crippen LogP contribution in [0.15, 0.2) is 24.3 Å². The summed E-state index contributed by atoms with van der Waals surface area (Å²) in [7, 11) is 1.63. The Morgan fingerprint density at radius 3 is 2.62 bits per heavy atom. The SMILES string of the molecule is COc1c(CCCN)c(C(C)C)nn1-c1ccccc1O. The Morgan fingerprint density at radius 1 is 1.33 bits per heavy atom. The molecule has 0 saturated heterocycles. The van der Waals surface area contributed by atoms with Crippen LogP contribution in [0.1, 0.15) is 37.4 Å². The molecule has 0 saturated carbocycles. The molecule has 0 unspecified atom stereocenters. The van der Waals surface area contributed by atoms with E-state index < -0.39 is 0 Å². The smallest absolute Gasteiger partial charge is 0.220 e. The van der Waals surface area contributed by atoms with Crippen LogP contribution in [-0.4, -0.2) is 28.5 Å². The van der Waals surface area contributed by atoms with Gasteiger partial charge in [-0.25, -0.2) is 0 Å². The minimum Gasteiger partial charge on any atom is -0.506 e. The van der Waals surface area contributed by atoms with Crippen LogP contribution in [0, 0.1) is 0 Å². The molecule has 1 aromatic carbocycles. The summed E-state index contributed by atoms with van der Waals surface area (Å²) in [6.45, 7) is 4.83. The largest absolute Gasteiger partial charge is 0.506 e. The second-order valence-corrected chi connectivity index (χ2v) is 5.32. The van der Waals surface area contributed by atoms with Gasteiger partial charge in [-0.15, -0.1) is 0 Å². The molecular weight excluding hydrogens is 266 g/mol. The monoisotopic (exact) mass is 289 g/mol. The van der Waals surface area contributed by atoms with Crippen molar-refractivity contribution in [3.8, 4) is 17.3 Å². The summed E-state index contributed by atoms with van der Waals surface area (Å²) in [5.41, 5.74) is 8.31. The summed E-state index contributed by atoms with van der Waals surface area (Å²) < 4.78 is 7.24. The lowest BCUT2D eigenvalue weighted by Gasteiger charge is -2.09. The zero-order valence-electron chi connectivity index (χ0n) is 12.8. The molecule has 2 aromatic rings. The normalized spacial score (nSPS) is 11.1. The topological polar surface area (TPSA) is 73.3 Å². The van der Waals surface area contributed by atoms with Crippen molar-refractivity contribution in [2.24, 2.45) is 5.73 Å². The van der Waals surface area contributed by atoms with E-state index in [0.29, 0.717) is 18.1 Å². The number of nitrogens with zero attached hydrogens (tertiary/aromatic N) is 2. The molecule has 0 amide bonds. The van der Waals surface area contributed by atoms with Crippen LogP contribution in [0.25, 0.3) is 5.69 Å². The molecule has 1 aromatic heterocycles. The Balaban J connectivity index is 2.59. The van der Waals surface area contributed by atoms with Gasteiger partial charge in [-0.2, -0.15) is 9.78 Å². The van der Waals surface area contributed by atoms with E-state index in [0.717, 1.165) is 24.1 Å². The van der Waals surface area contributed by atoms with Gasteiger partial charge in [0.15, 0.2) is 0 Å². The van der Waals surface area contributed by atoms with Crippen molar-refractivity contribution < 1.29 is 9.84 Å². The number of rotatable bonds is 6. The molecule has 2 rings (SSSR count). The minimum atomic E-state index is 0.180. The number of nitrogens with two attached hydrogens (primary N) is 1. The van der Waals surface area contributed by atoms with E-state index in [4.69, 9.17) is 10.5 Å². The number of benzene rings is 1. The van der Waals surface area contributed by atoms with Gasteiger partial charge < -0.3 is 15.6 Å². The van der Waals surface area contributed by atoms with Crippen molar-refractivity contribution in [1.29, 1.82) is 0 Å². The highest BCUT2D eigenvalue weighted by molar-refractivity contribution is 5.49. The van der Waals surface area contributed by atoms with Crippen LogP contribution in [0.4, 0.5) is 0 Å². The van der Waals surface area contributed by atoms with E-state index in [1.165, 1.54) is 0 Å². The van der Waals surface area contributed by atoms with Gasteiger partial charge in [-0.05, 0) is 37.4 Å². The molecule has 3 N–H and O–H groups in total. The van der Waals surface area contributed by atoms with Crippen LogP contribution in [0.3, 0.4) is 0 Å². The molecule has 5 nitrogen and oxygen atoms in total. The summed E-state index contributed by atoms with van der Waals surface area (Å²) in [5, 5.41) is 14.7. The number of aromatic nitrogens is 2. The van der Waals surface area contributed by atoms with Gasteiger partial charge in [0.2, 0.25) is 5.88 Å². The number of para-hydroxylation sites is 2. The summed E-state index contributed by atoms with van der Waals surface area (Å²) in [6, 6.07) is 7.12. The third-order valence-electron chi connectivity index (χ3n) is 3.45. The molecule has 0 bridgehead atoms. The maximum atomic E-state index is 10.1. The Labute approximate surface area is 125 Å². The number of hydrogen-bond donors (Lipinski definition) is 2. The molecule has 0 fully saturated rings. The third-order valence-corrected chi connectivity index (χ3v) is 3.45. The standard InChI is InChI=1S/C16H23N3O2/c1-11(2)15-12(7-6-10-17)16(21-3)19(18-15)13-8-4-5-9-14(13)20/h4-5,8-9,11,20H,6-7,10,17H2,1-3H3. The molecular formula is C16H23N3O2. The summed E-state index contributed by atoms with van der Waals surface area (Å²) in [6.07, 6.45) is 1.70. The summed E-state index contributed by atoms with van der Waals surface area (Å²) >= 11 is 0. The highest BCUT2D eigenvalue weighted by atomic mass is 16.5. The fraction of sp³-hybridized carbons (Fsp3) is 0.438. The molecule has 21 heavy (non-hydrogen) atoms. The van der Waals surface area contributed by atoms with Gasteiger partial charge in [0.1, 0.15) is 11.4 Å². The van der Waals surface area contributed by atoms with Gasteiger partial charge in [-0.3, -0.25) is 0 Å². The van der Waals surface area contributed by atoms with Crippen LogP contribution < -0.4 is 10.5 Å². The number of phenols is 1. The van der Waals surface area contributed by atoms with Crippen molar-refractivity contribution in [3.63, 3.8) is 0 Å². The van der Waals surface area contributed by atoms with E-state index in [9.17, 15) is 5.11 Å². The molecule has 1 heterocycles. The molecule has 0 aliphatic heterocycles. The number of aromatic hydroxyl groups is 1. The maximum absolute atomic E-state index is 10.1. The first-order chi connectivity index (χ1) is 10.1. The predicted molar refractivity (Wildman–Crippen MR) is 83.2 cm³/mol. The maximum Gasteiger partial charge on any atom is 0.220 e. The van der Waals surface area contributed by atoms with Gasteiger partial charge in [0.05, 0.1) is 12.8 Å². The van der Waals surface area contributed by atoms with Crippen molar-refractivity contribution in [2.75, 3.05) is 13.7 Å². The first-order valence-corrected chi connectivity index (χ1v) is 7.24. The minimum absolute atomic E-state index is 0.180. The highest BCUT2D eigenvalue weighted by Gasteiger charge is 2.22. The van der Waals surface area contributed by atoms with Gasteiger partial charge in [-0.1, -0.05) is 26.0 Å². The van der Waals surface area contributed by atoms with Crippen molar-refractivity contribution in [1.82, 2.24) is 9.78 Å². The van der Waals surface area contributed by atoms with E-state index in [2.05, 4.69) is 18.9 Å². The van der Waals surface area contributed by atoms with Crippen LogP contribution in [0.5, 0.6) is 11.6 Å². The lowest BCUT2D eigenvalue weighted by Crippen LogP contribution is -2.03. The van der Waals surface area contributed by atoms with Gasteiger partial charge in [0, 0.05) is 5.56 Å². The number of phenolic OH excluding ortho intramolecular Hbond substituents is 1. The molecule has 0 radical (unpaired) electrons.